The molecular weight excluding hydrogens is 265 g/mol. The lowest BCUT2D eigenvalue weighted by Crippen LogP contribution is -2.25. The molecule has 2 unspecified atom stereocenters. The first-order valence-corrected chi connectivity index (χ1v) is 7.30. The Kier molecular flexibility index (Phi) is 5.34. The topological polar surface area (TPSA) is 21.3 Å². The van der Waals surface area contributed by atoms with Crippen molar-refractivity contribution in [3.8, 4) is 5.75 Å². The normalized spacial score (nSPS) is 13.7. The quantitative estimate of drug-likeness (QED) is 0.836. The van der Waals surface area contributed by atoms with E-state index in [9.17, 15) is 4.39 Å². The SMILES string of the molecule is CCC(NC(C)c1cccc(OC)c1)c1ccccc1F. The third kappa shape index (κ3) is 3.82. The van der Waals surface area contributed by atoms with Crippen LogP contribution in [0.25, 0.3) is 0 Å². The maximum absolute atomic E-state index is 13.9. The first-order chi connectivity index (χ1) is 10.2. The fraction of sp³-hybridized carbons (Fsp3) is 0.333. The molecule has 2 aromatic carbocycles. The van der Waals surface area contributed by atoms with Gasteiger partial charge in [-0.15, -0.1) is 0 Å². The third-order valence-electron chi connectivity index (χ3n) is 3.73. The van der Waals surface area contributed by atoms with Crippen LogP contribution < -0.4 is 10.1 Å². The molecule has 0 aliphatic carbocycles. The van der Waals surface area contributed by atoms with Crippen molar-refractivity contribution in [1.29, 1.82) is 0 Å². The van der Waals surface area contributed by atoms with E-state index in [1.807, 2.05) is 36.4 Å². The van der Waals surface area contributed by atoms with Gasteiger partial charge in [0.1, 0.15) is 11.6 Å². The molecule has 0 saturated heterocycles. The summed E-state index contributed by atoms with van der Waals surface area (Å²) in [5.74, 6) is 0.676. The summed E-state index contributed by atoms with van der Waals surface area (Å²) in [7, 11) is 1.66. The Morgan fingerprint density at radius 2 is 1.90 bits per heavy atom. The second-order valence-electron chi connectivity index (χ2n) is 5.15. The molecule has 2 rings (SSSR count). The van der Waals surface area contributed by atoms with Gasteiger partial charge in [-0.2, -0.15) is 0 Å². The van der Waals surface area contributed by atoms with E-state index in [0.29, 0.717) is 0 Å². The van der Waals surface area contributed by atoms with Crippen molar-refractivity contribution in [3.05, 3.63) is 65.5 Å². The van der Waals surface area contributed by atoms with E-state index >= 15 is 0 Å². The summed E-state index contributed by atoms with van der Waals surface area (Å²) in [6.45, 7) is 4.14. The van der Waals surface area contributed by atoms with Crippen molar-refractivity contribution in [1.82, 2.24) is 5.32 Å². The van der Waals surface area contributed by atoms with Gasteiger partial charge in [-0.1, -0.05) is 37.3 Å². The third-order valence-corrected chi connectivity index (χ3v) is 3.73. The zero-order valence-corrected chi connectivity index (χ0v) is 12.8. The van der Waals surface area contributed by atoms with Crippen molar-refractivity contribution in [2.75, 3.05) is 7.11 Å². The van der Waals surface area contributed by atoms with E-state index < -0.39 is 0 Å². The number of ether oxygens (including phenoxy) is 1. The van der Waals surface area contributed by atoms with Crippen molar-refractivity contribution < 1.29 is 9.13 Å². The van der Waals surface area contributed by atoms with Crippen LogP contribution in [0.1, 0.15) is 43.5 Å². The molecule has 3 heteroatoms. The van der Waals surface area contributed by atoms with Gasteiger partial charge >= 0.3 is 0 Å². The second-order valence-corrected chi connectivity index (χ2v) is 5.15. The van der Waals surface area contributed by atoms with Gasteiger partial charge in [0.25, 0.3) is 0 Å². The number of halogens is 1. The van der Waals surface area contributed by atoms with Crippen LogP contribution in [-0.4, -0.2) is 7.11 Å². The highest BCUT2D eigenvalue weighted by Gasteiger charge is 2.16. The van der Waals surface area contributed by atoms with Gasteiger partial charge < -0.3 is 10.1 Å². The highest BCUT2D eigenvalue weighted by Crippen LogP contribution is 2.25. The van der Waals surface area contributed by atoms with Gasteiger partial charge in [-0.05, 0) is 37.1 Å². The smallest absolute Gasteiger partial charge is 0.127 e. The van der Waals surface area contributed by atoms with Crippen LogP contribution in [0.2, 0.25) is 0 Å². The molecule has 0 aliphatic heterocycles. The van der Waals surface area contributed by atoms with E-state index in [0.717, 1.165) is 23.3 Å². The molecule has 0 heterocycles. The van der Waals surface area contributed by atoms with Gasteiger partial charge in [0.05, 0.1) is 7.11 Å². The monoisotopic (exact) mass is 287 g/mol. The number of nitrogens with one attached hydrogen (secondary N) is 1. The standard InChI is InChI=1S/C18H22FNO/c1-4-18(16-10-5-6-11-17(16)19)20-13(2)14-8-7-9-15(12-14)21-3/h5-13,18,20H,4H2,1-3H3. The van der Waals surface area contributed by atoms with Crippen molar-refractivity contribution in [3.63, 3.8) is 0 Å². The van der Waals surface area contributed by atoms with Gasteiger partial charge in [-0.3, -0.25) is 0 Å². The average Bonchev–Trinajstić information content (AvgIpc) is 2.53. The molecule has 0 radical (unpaired) electrons. The molecule has 2 nitrogen and oxygen atoms in total. The summed E-state index contributed by atoms with van der Waals surface area (Å²) in [6.07, 6.45) is 0.829. The number of rotatable bonds is 6. The summed E-state index contributed by atoms with van der Waals surface area (Å²) in [6, 6.07) is 15.0. The van der Waals surface area contributed by atoms with Crippen molar-refractivity contribution in [2.45, 2.75) is 32.4 Å². The largest absolute Gasteiger partial charge is 0.497 e. The molecule has 21 heavy (non-hydrogen) atoms. The Morgan fingerprint density at radius 3 is 2.57 bits per heavy atom. The van der Waals surface area contributed by atoms with Crippen LogP contribution in [0, 0.1) is 5.82 Å². The Balaban J connectivity index is 2.16. The number of hydrogen-bond donors (Lipinski definition) is 1. The molecular formula is C18H22FNO. The van der Waals surface area contributed by atoms with Gasteiger partial charge in [0.15, 0.2) is 0 Å². The van der Waals surface area contributed by atoms with Gasteiger partial charge in [0.2, 0.25) is 0 Å². The first-order valence-electron chi connectivity index (χ1n) is 7.30. The second kappa shape index (κ2) is 7.23. The molecule has 0 saturated carbocycles. The van der Waals surface area contributed by atoms with E-state index in [4.69, 9.17) is 4.74 Å². The van der Waals surface area contributed by atoms with E-state index in [1.165, 1.54) is 6.07 Å². The molecule has 0 fully saturated rings. The molecule has 0 spiro atoms. The van der Waals surface area contributed by atoms with E-state index in [2.05, 4.69) is 19.2 Å². The van der Waals surface area contributed by atoms with Crippen LogP contribution >= 0.6 is 0 Å². The molecule has 0 aliphatic rings. The maximum atomic E-state index is 13.9. The van der Waals surface area contributed by atoms with Crippen LogP contribution in [0.15, 0.2) is 48.5 Å². The predicted molar refractivity (Wildman–Crippen MR) is 84.0 cm³/mol. The summed E-state index contributed by atoms with van der Waals surface area (Å²) in [4.78, 5) is 0. The van der Waals surface area contributed by atoms with Gasteiger partial charge in [0, 0.05) is 17.6 Å². The lowest BCUT2D eigenvalue weighted by atomic mass is 10.0. The minimum atomic E-state index is -0.158. The van der Waals surface area contributed by atoms with Gasteiger partial charge in [-0.25, -0.2) is 4.39 Å². The lowest BCUT2D eigenvalue weighted by molar-refractivity contribution is 0.410. The molecule has 112 valence electrons. The molecule has 2 aromatic rings. The summed E-state index contributed by atoms with van der Waals surface area (Å²) < 4.78 is 19.2. The summed E-state index contributed by atoms with van der Waals surface area (Å²) >= 11 is 0. The fourth-order valence-corrected chi connectivity index (χ4v) is 2.49. The lowest BCUT2D eigenvalue weighted by Gasteiger charge is -2.23. The Hall–Kier alpha value is -1.87. The summed E-state index contributed by atoms with van der Waals surface area (Å²) in [5.41, 5.74) is 1.85. The number of methoxy groups -OCH3 is 1. The molecule has 0 amide bonds. The predicted octanol–water partition coefficient (Wildman–Crippen LogP) is 4.64. The Labute approximate surface area is 126 Å². The van der Waals surface area contributed by atoms with E-state index in [1.54, 1.807) is 13.2 Å². The minimum absolute atomic E-state index is 0.00704. The van der Waals surface area contributed by atoms with Crippen LogP contribution in [0.3, 0.4) is 0 Å². The molecule has 1 N–H and O–H groups in total. The average molecular weight is 287 g/mol. The zero-order valence-electron chi connectivity index (χ0n) is 12.8. The molecule has 0 aromatic heterocycles. The number of benzene rings is 2. The Bertz CT molecular complexity index is 585. The minimum Gasteiger partial charge on any atom is -0.497 e. The number of hydrogen-bond acceptors (Lipinski definition) is 2. The highest BCUT2D eigenvalue weighted by atomic mass is 19.1. The van der Waals surface area contributed by atoms with Crippen LogP contribution in [0.5, 0.6) is 5.75 Å². The highest BCUT2D eigenvalue weighted by molar-refractivity contribution is 5.30. The summed E-state index contributed by atoms with van der Waals surface area (Å²) in [5, 5.41) is 3.50. The van der Waals surface area contributed by atoms with Crippen molar-refractivity contribution >= 4 is 0 Å². The van der Waals surface area contributed by atoms with Crippen LogP contribution in [0.4, 0.5) is 4.39 Å². The maximum Gasteiger partial charge on any atom is 0.127 e. The van der Waals surface area contributed by atoms with Crippen LogP contribution in [-0.2, 0) is 0 Å². The molecule has 2 atom stereocenters. The fourth-order valence-electron chi connectivity index (χ4n) is 2.49. The zero-order chi connectivity index (χ0) is 15.2. The van der Waals surface area contributed by atoms with Crippen molar-refractivity contribution in [2.24, 2.45) is 0 Å². The first kappa shape index (κ1) is 15.5. The van der Waals surface area contributed by atoms with E-state index in [-0.39, 0.29) is 17.9 Å². The molecule has 0 bridgehead atoms. The Morgan fingerprint density at radius 1 is 1.14 bits per heavy atom.